The van der Waals surface area contributed by atoms with E-state index in [1.807, 2.05) is 18.2 Å². The van der Waals surface area contributed by atoms with E-state index in [4.69, 9.17) is 0 Å². The number of rotatable bonds is 4. The first-order valence-electron chi connectivity index (χ1n) is 5.80. The Labute approximate surface area is 99.1 Å². The molecule has 88 valence electrons. The van der Waals surface area contributed by atoms with Crippen LogP contribution in [0.5, 0.6) is 0 Å². The third kappa shape index (κ3) is 3.68. The molecule has 2 atom stereocenters. The van der Waals surface area contributed by atoms with Crippen LogP contribution >= 0.6 is 0 Å². The van der Waals surface area contributed by atoms with Crippen molar-refractivity contribution in [1.82, 2.24) is 10.3 Å². The van der Waals surface area contributed by atoms with Crippen molar-refractivity contribution in [2.24, 2.45) is 5.92 Å². The molecule has 4 heteroatoms. The van der Waals surface area contributed by atoms with Crippen molar-refractivity contribution in [2.45, 2.75) is 18.6 Å². The van der Waals surface area contributed by atoms with E-state index in [2.05, 4.69) is 10.3 Å². The molecule has 1 saturated heterocycles. The maximum absolute atomic E-state index is 11.9. The standard InChI is InChI=1S/C12H18N2OS/c15-16(9-11-4-3-6-13-8-11)10-12-5-1-2-7-14-12/h1-2,5,7,11,13H,3-4,6,8-10H2. The number of hydrogen-bond acceptors (Lipinski definition) is 3. The summed E-state index contributed by atoms with van der Waals surface area (Å²) in [6.07, 6.45) is 4.18. The Kier molecular flexibility index (Phi) is 4.48. The van der Waals surface area contributed by atoms with E-state index in [1.165, 1.54) is 12.8 Å². The summed E-state index contributed by atoms with van der Waals surface area (Å²) < 4.78 is 11.9. The average molecular weight is 238 g/mol. The van der Waals surface area contributed by atoms with Gasteiger partial charge in [0.25, 0.3) is 0 Å². The maximum Gasteiger partial charge on any atom is 0.0658 e. The summed E-state index contributed by atoms with van der Waals surface area (Å²) in [7, 11) is -0.771. The van der Waals surface area contributed by atoms with Crippen LogP contribution in [-0.2, 0) is 16.6 Å². The number of nitrogens with one attached hydrogen (secondary N) is 1. The molecule has 0 amide bonds. The average Bonchev–Trinajstić information content (AvgIpc) is 2.31. The first-order chi connectivity index (χ1) is 7.84. The van der Waals surface area contributed by atoms with Gasteiger partial charge in [-0.25, -0.2) is 0 Å². The van der Waals surface area contributed by atoms with E-state index in [0.29, 0.717) is 11.7 Å². The third-order valence-electron chi connectivity index (χ3n) is 2.86. The Morgan fingerprint density at radius 2 is 2.44 bits per heavy atom. The molecule has 1 fully saturated rings. The minimum atomic E-state index is -0.771. The van der Waals surface area contributed by atoms with E-state index in [1.54, 1.807) is 6.20 Å². The van der Waals surface area contributed by atoms with Crippen LogP contribution in [0.25, 0.3) is 0 Å². The van der Waals surface area contributed by atoms with E-state index < -0.39 is 10.8 Å². The summed E-state index contributed by atoms with van der Waals surface area (Å²) in [5, 5.41) is 3.35. The zero-order valence-electron chi connectivity index (χ0n) is 9.39. The van der Waals surface area contributed by atoms with Gasteiger partial charge in [0, 0.05) is 22.7 Å². The number of nitrogens with zero attached hydrogens (tertiary/aromatic N) is 1. The van der Waals surface area contributed by atoms with Crippen molar-refractivity contribution in [2.75, 3.05) is 18.8 Å². The fourth-order valence-corrected chi connectivity index (χ4v) is 3.47. The zero-order valence-corrected chi connectivity index (χ0v) is 10.2. The minimum Gasteiger partial charge on any atom is -0.316 e. The number of piperidine rings is 1. The second-order valence-electron chi connectivity index (χ2n) is 4.28. The van der Waals surface area contributed by atoms with Gasteiger partial charge in [0.1, 0.15) is 0 Å². The fourth-order valence-electron chi connectivity index (χ4n) is 2.04. The predicted octanol–water partition coefficient (Wildman–Crippen LogP) is 1.33. The number of aromatic nitrogens is 1. The lowest BCUT2D eigenvalue weighted by molar-refractivity contribution is 0.408. The molecule has 1 aliphatic rings. The molecule has 2 unspecified atom stereocenters. The molecule has 1 aliphatic heterocycles. The normalized spacial score (nSPS) is 22.9. The molecular formula is C12H18N2OS. The van der Waals surface area contributed by atoms with Gasteiger partial charge in [-0.3, -0.25) is 9.19 Å². The molecule has 0 radical (unpaired) electrons. The largest absolute Gasteiger partial charge is 0.316 e. The molecule has 0 spiro atoms. The Morgan fingerprint density at radius 1 is 1.50 bits per heavy atom. The Morgan fingerprint density at radius 3 is 3.12 bits per heavy atom. The molecule has 0 bridgehead atoms. The summed E-state index contributed by atoms with van der Waals surface area (Å²) in [5.41, 5.74) is 0.935. The highest BCUT2D eigenvalue weighted by Gasteiger charge is 2.16. The van der Waals surface area contributed by atoms with Crippen molar-refractivity contribution < 1.29 is 4.21 Å². The molecule has 1 aromatic rings. The Balaban J connectivity index is 1.80. The van der Waals surface area contributed by atoms with Gasteiger partial charge < -0.3 is 5.32 Å². The second kappa shape index (κ2) is 6.11. The lowest BCUT2D eigenvalue weighted by atomic mass is 10.0. The predicted molar refractivity (Wildman–Crippen MR) is 66.5 cm³/mol. The van der Waals surface area contributed by atoms with E-state index in [-0.39, 0.29) is 0 Å². The molecule has 3 nitrogen and oxygen atoms in total. The highest BCUT2D eigenvalue weighted by atomic mass is 32.2. The van der Waals surface area contributed by atoms with Crippen LogP contribution in [0, 0.1) is 5.92 Å². The van der Waals surface area contributed by atoms with Crippen LogP contribution in [0.3, 0.4) is 0 Å². The molecule has 2 heterocycles. The van der Waals surface area contributed by atoms with Gasteiger partial charge >= 0.3 is 0 Å². The van der Waals surface area contributed by atoms with Crippen LogP contribution in [0.2, 0.25) is 0 Å². The summed E-state index contributed by atoms with van der Waals surface area (Å²) in [5.74, 6) is 1.99. The second-order valence-corrected chi connectivity index (χ2v) is 5.79. The van der Waals surface area contributed by atoms with Gasteiger partial charge in [0.2, 0.25) is 0 Å². The molecule has 16 heavy (non-hydrogen) atoms. The SMILES string of the molecule is O=S(Cc1ccccn1)CC1CCCNC1. The highest BCUT2D eigenvalue weighted by molar-refractivity contribution is 7.84. The van der Waals surface area contributed by atoms with E-state index in [0.717, 1.165) is 24.5 Å². The molecule has 2 rings (SSSR count). The first-order valence-corrected chi connectivity index (χ1v) is 7.29. The van der Waals surface area contributed by atoms with Crippen LogP contribution in [0.4, 0.5) is 0 Å². The van der Waals surface area contributed by atoms with Crippen LogP contribution < -0.4 is 5.32 Å². The molecule has 1 aromatic heterocycles. The lowest BCUT2D eigenvalue weighted by Crippen LogP contribution is -2.32. The van der Waals surface area contributed by atoms with Crippen molar-refractivity contribution in [1.29, 1.82) is 0 Å². The van der Waals surface area contributed by atoms with Crippen LogP contribution in [-0.4, -0.2) is 28.0 Å². The van der Waals surface area contributed by atoms with Crippen molar-refractivity contribution in [3.63, 3.8) is 0 Å². The first kappa shape index (κ1) is 11.7. The van der Waals surface area contributed by atoms with E-state index >= 15 is 0 Å². The number of pyridine rings is 1. The summed E-state index contributed by atoms with van der Waals surface area (Å²) in [6.45, 7) is 2.14. The molecule has 1 N–H and O–H groups in total. The monoisotopic (exact) mass is 238 g/mol. The van der Waals surface area contributed by atoms with Gasteiger partial charge in [0.15, 0.2) is 0 Å². The number of hydrogen-bond donors (Lipinski definition) is 1. The van der Waals surface area contributed by atoms with Crippen LogP contribution in [0.1, 0.15) is 18.5 Å². The highest BCUT2D eigenvalue weighted by Crippen LogP contribution is 2.12. The zero-order chi connectivity index (χ0) is 11.2. The molecule has 0 aromatic carbocycles. The van der Waals surface area contributed by atoms with Gasteiger partial charge in [-0.15, -0.1) is 0 Å². The summed E-state index contributed by atoms with van der Waals surface area (Å²) in [6, 6.07) is 5.77. The topological polar surface area (TPSA) is 42.0 Å². The van der Waals surface area contributed by atoms with Crippen molar-refractivity contribution in [3.05, 3.63) is 30.1 Å². The van der Waals surface area contributed by atoms with E-state index in [9.17, 15) is 4.21 Å². The lowest BCUT2D eigenvalue weighted by Gasteiger charge is -2.22. The van der Waals surface area contributed by atoms with Gasteiger partial charge in [-0.2, -0.15) is 0 Å². The Hall–Kier alpha value is -0.740. The van der Waals surface area contributed by atoms with Crippen LogP contribution in [0.15, 0.2) is 24.4 Å². The van der Waals surface area contributed by atoms with Crippen molar-refractivity contribution in [3.8, 4) is 0 Å². The van der Waals surface area contributed by atoms with Crippen molar-refractivity contribution >= 4 is 10.8 Å². The molecular weight excluding hydrogens is 220 g/mol. The summed E-state index contributed by atoms with van der Waals surface area (Å²) in [4.78, 5) is 4.20. The maximum atomic E-state index is 11.9. The van der Waals surface area contributed by atoms with Gasteiger partial charge in [-0.05, 0) is 44.0 Å². The molecule has 0 aliphatic carbocycles. The minimum absolute atomic E-state index is 0.582. The fraction of sp³-hybridized carbons (Fsp3) is 0.583. The smallest absolute Gasteiger partial charge is 0.0658 e. The Bertz CT molecular complexity index is 336. The van der Waals surface area contributed by atoms with Gasteiger partial charge in [-0.1, -0.05) is 6.07 Å². The third-order valence-corrected chi connectivity index (χ3v) is 4.32. The quantitative estimate of drug-likeness (QED) is 0.860. The molecule has 0 saturated carbocycles. The summed E-state index contributed by atoms with van der Waals surface area (Å²) >= 11 is 0. The van der Waals surface area contributed by atoms with Gasteiger partial charge in [0.05, 0.1) is 11.4 Å².